The van der Waals surface area contributed by atoms with Crippen LogP contribution in [0.15, 0.2) is 48.5 Å². The molecule has 5 rings (SSSR count). The van der Waals surface area contributed by atoms with Crippen molar-refractivity contribution in [1.29, 1.82) is 0 Å². The molecule has 3 aromatic rings. The summed E-state index contributed by atoms with van der Waals surface area (Å²) >= 11 is 12.9. The Kier molecular flexibility index (Phi) is 10.2. The summed E-state index contributed by atoms with van der Waals surface area (Å²) in [5, 5.41) is 12.2. The van der Waals surface area contributed by atoms with Crippen molar-refractivity contribution in [3.8, 4) is 11.5 Å². The summed E-state index contributed by atoms with van der Waals surface area (Å²) in [7, 11) is -0.831. The average molecular weight is 708 g/mol. The largest absolute Gasteiger partial charge is 0.497 e. The van der Waals surface area contributed by atoms with E-state index in [4.69, 9.17) is 37.1 Å². The Morgan fingerprint density at radius 3 is 2.40 bits per heavy atom. The van der Waals surface area contributed by atoms with Crippen molar-refractivity contribution in [1.82, 2.24) is 0 Å². The highest BCUT2D eigenvalue weighted by Crippen LogP contribution is 2.45. The zero-order valence-electron chi connectivity index (χ0n) is 27.6. The molecule has 1 fully saturated rings. The summed E-state index contributed by atoms with van der Waals surface area (Å²) in [6.45, 7) is 11.3. The van der Waals surface area contributed by atoms with Gasteiger partial charge in [-0.25, -0.2) is 8.78 Å². The Balaban J connectivity index is 1.44. The normalized spacial score (nSPS) is 20.3. The van der Waals surface area contributed by atoms with Crippen LogP contribution in [-0.4, -0.2) is 57.8 Å². The number of halogens is 4. The van der Waals surface area contributed by atoms with Crippen molar-refractivity contribution >= 4 is 48.8 Å². The molecule has 0 aliphatic carbocycles. The molecule has 2 aliphatic rings. The highest BCUT2D eigenvalue weighted by molar-refractivity contribution is 6.74. The van der Waals surface area contributed by atoms with Gasteiger partial charge in [-0.2, -0.15) is 0 Å². The Hall–Kier alpha value is -2.89. The smallest absolute Gasteiger partial charge is 0.227 e. The molecule has 0 bridgehead atoms. The molecule has 2 atom stereocenters. The summed E-state index contributed by atoms with van der Waals surface area (Å²) in [5.74, 6) is -0.439. The molecule has 47 heavy (non-hydrogen) atoms. The lowest BCUT2D eigenvalue weighted by molar-refractivity contribution is -0.119. The van der Waals surface area contributed by atoms with Crippen molar-refractivity contribution < 1.29 is 32.6 Å². The first kappa shape index (κ1) is 35.4. The van der Waals surface area contributed by atoms with Gasteiger partial charge in [0, 0.05) is 31.1 Å². The van der Waals surface area contributed by atoms with Gasteiger partial charge >= 0.3 is 0 Å². The van der Waals surface area contributed by atoms with Crippen LogP contribution in [-0.2, 0) is 22.2 Å². The second kappa shape index (κ2) is 13.5. The number of amides is 1. The molecule has 1 saturated heterocycles. The number of piperidine rings is 1. The molecule has 0 radical (unpaired) electrons. The third-order valence-corrected chi connectivity index (χ3v) is 14.8. The van der Waals surface area contributed by atoms with Gasteiger partial charge in [-0.3, -0.25) is 4.79 Å². The number of rotatable bonds is 9. The van der Waals surface area contributed by atoms with Gasteiger partial charge in [-0.05, 0) is 66.9 Å². The standard InChI is InChI=1S/C35H42Cl2F2N2O5Si/c1-34(2,3)47(5,6)46-30-20-40(28-13-9-23(38)17-26(28)36)16-15-35(30,43)21-45-29-18-27(39)32(37)33-25(29)12-14-31(42)41(33)19-22-7-10-24(44-4)11-8-22/h7-11,13,17-18,30,43H,12,14-16,19-21H2,1-6H3/t30-,35-/m1/s1. The van der Waals surface area contributed by atoms with E-state index in [1.54, 1.807) is 25.3 Å². The number of methoxy groups -OCH3 is 1. The second-order valence-electron chi connectivity index (χ2n) is 13.9. The molecule has 0 saturated carbocycles. The first-order valence-electron chi connectivity index (χ1n) is 15.7. The fraction of sp³-hybridized carbons (Fsp3) is 0.457. The average Bonchev–Trinajstić information content (AvgIpc) is 3.00. The number of hydrogen-bond acceptors (Lipinski definition) is 6. The number of carbonyl (C=O) groups is 1. The zero-order chi connectivity index (χ0) is 34.3. The van der Waals surface area contributed by atoms with Crippen molar-refractivity contribution in [3.63, 3.8) is 0 Å². The number of benzene rings is 3. The molecule has 1 amide bonds. The molecule has 0 aromatic heterocycles. The highest BCUT2D eigenvalue weighted by atomic mass is 35.5. The van der Waals surface area contributed by atoms with Crippen LogP contribution in [0.4, 0.5) is 20.2 Å². The number of ether oxygens (including phenoxy) is 2. The predicted molar refractivity (Wildman–Crippen MR) is 185 cm³/mol. The molecular weight excluding hydrogens is 665 g/mol. The van der Waals surface area contributed by atoms with E-state index in [1.807, 2.05) is 17.0 Å². The molecule has 3 aromatic carbocycles. The zero-order valence-corrected chi connectivity index (χ0v) is 30.1. The number of anilines is 2. The fourth-order valence-electron chi connectivity index (χ4n) is 5.81. The predicted octanol–water partition coefficient (Wildman–Crippen LogP) is 8.17. The molecular formula is C35H42Cl2F2N2O5Si. The van der Waals surface area contributed by atoms with Crippen LogP contribution < -0.4 is 19.3 Å². The lowest BCUT2D eigenvalue weighted by Gasteiger charge is -2.49. The minimum absolute atomic E-state index is 0.150. The fourth-order valence-corrected chi connectivity index (χ4v) is 7.72. The van der Waals surface area contributed by atoms with E-state index in [9.17, 15) is 14.3 Å². The number of hydrogen-bond donors (Lipinski definition) is 1. The topological polar surface area (TPSA) is 71.5 Å². The Bertz CT molecular complexity index is 1640. The molecule has 12 heteroatoms. The third-order valence-electron chi connectivity index (χ3n) is 9.69. The molecule has 1 N–H and O–H groups in total. The van der Waals surface area contributed by atoms with Gasteiger partial charge in [0.25, 0.3) is 0 Å². The maximum atomic E-state index is 15.4. The van der Waals surface area contributed by atoms with Crippen molar-refractivity contribution in [2.45, 2.75) is 76.4 Å². The van der Waals surface area contributed by atoms with Gasteiger partial charge in [0.1, 0.15) is 40.4 Å². The number of fused-ring (bicyclic) bond motifs is 1. The number of nitrogens with zero attached hydrogens (tertiary/aromatic N) is 2. The number of carbonyl (C=O) groups excluding carboxylic acids is 1. The summed E-state index contributed by atoms with van der Waals surface area (Å²) < 4.78 is 47.6. The molecule has 2 heterocycles. The van der Waals surface area contributed by atoms with Crippen LogP contribution in [0.25, 0.3) is 0 Å². The first-order valence-corrected chi connectivity index (χ1v) is 19.4. The van der Waals surface area contributed by atoms with Gasteiger partial charge in [0.05, 0.1) is 36.2 Å². The van der Waals surface area contributed by atoms with Crippen LogP contribution in [0.2, 0.25) is 28.2 Å². The maximum Gasteiger partial charge on any atom is 0.227 e. The van der Waals surface area contributed by atoms with Gasteiger partial charge in [0.15, 0.2) is 8.32 Å². The summed E-state index contributed by atoms with van der Waals surface area (Å²) in [6.07, 6.45) is 0.0534. The van der Waals surface area contributed by atoms with Crippen molar-refractivity contribution in [3.05, 3.63) is 81.3 Å². The summed E-state index contributed by atoms with van der Waals surface area (Å²) in [4.78, 5) is 16.6. The quantitative estimate of drug-likeness (QED) is 0.227. The molecule has 7 nitrogen and oxygen atoms in total. The van der Waals surface area contributed by atoms with Crippen molar-refractivity contribution in [2.24, 2.45) is 0 Å². The Morgan fingerprint density at radius 2 is 1.77 bits per heavy atom. The van der Waals surface area contributed by atoms with E-state index in [1.165, 1.54) is 23.1 Å². The number of aliphatic hydroxyl groups is 1. The SMILES string of the molecule is COc1ccc(CN2C(=O)CCc3c(OC[C@]4(O)CCN(c5ccc(F)cc5Cl)C[C@H]4O[Si](C)(C)C(C)(C)C)cc(F)c(Cl)c32)cc1. The van der Waals surface area contributed by atoms with Crippen LogP contribution in [0.5, 0.6) is 11.5 Å². The van der Waals surface area contributed by atoms with E-state index < -0.39 is 31.7 Å². The van der Waals surface area contributed by atoms with Crippen LogP contribution in [0.3, 0.4) is 0 Å². The lowest BCUT2D eigenvalue weighted by Crippen LogP contribution is -2.63. The maximum absolute atomic E-state index is 15.4. The summed E-state index contributed by atoms with van der Waals surface area (Å²) in [6, 6.07) is 12.8. The summed E-state index contributed by atoms with van der Waals surface area (Å²) in [5.41, 5.74) is 0.897. The monoisotopic (exact) mass is 706 g/mol. The molecule has 2 aliphatic heterocycles. The lowest BCUT2D eigenvalue weighted by atomic mass is 9.89. The van der Waals surface area contributed by atoms with E-state index >= 15 is 4.39 Å². The highest BCUT2D eigenvalue weighted by Gasteiger charge is 2.49. The van der Waals surface area contributed by atoms with E-state index in [2.05, 4.69) is 33.9 Å². The van der Waals surface area contributed by atoms with Gasteiger partial charge < -0.3 is 28.8 Å². The molecule has 0 unspecified atom stereocenters. The molecule has 254 valence electrons. The van der Waals surface area contributed by atoms with E-state index in [-0.39, 0.29) is 65.0 Å². The Labute approximate surface area is 286 Å². The van der Waals surface area contributed by atoms with Gasteiger partial charge in [0.2, 0.25) is 5.91 Å². The van der Waals surface area contributed by atoms with E-state index in [0.717, 1.165) is 5.56 Å². The minimum Gasteiger partial charge on any atom is -0.497 e. The van der Waals surface area contributed by atoms with Crippen LogP contribution in [0, 0.1) is 11.6 Å². The third kappa shape index (κ3) is 7.42. The molecule has 0 spiro atoms. The second-order valence-corrected chi connectivity index (χ2v) is 19.4. The Morgan fingerprint density at radius 1 is 1.06 bits per heavy atom. The van der Waals surface area contributed by atoms with Crippen LogP contribution in [0.1, 0.15) is 44.7 Å². The first-order chi connectivity index (χ1) is 22.0. The van der Waals surface area contributed by atoms with Crippen molar-refractivity contribution in [2.75, 3.05) is 36.6 Å². The van der Waals surface area contributed by atoms with E-state index in [0.29, 0.717) is 30.0 Å². The van der Waals surface area contributed by atoms with Gasteiger partial charge in [-0.1, -0.05) is 56.1 Å². The van der Waals surface area contributed by atoms with Gasteiger partial charge in [-0.15, -0.1) is 0 Å². The van der Waals surface area contributed by atoms with Crippen LogP contribution >= 0.6 is 23.2 Å². The minimum atomic E-state index is -2.41.